The topological polar surface area (TPSA) is 49.3 Å². The third kappa shape index (κ3) is 3.12. The van der Waals surface area contributed by atoms with Gasteiger partial charge in [0.15, 0.2) is 0 Å². The molecule has 0 aliphatic rings. The maximum absolute atomic E-state index is 11.8. The van der Waals surface area contributed by atoms with Crippen molar-refractivity contribution in [3.8, 4) is 0 Å². The van der Waals surface area contributed by atoms with Crippen LogP contribution in [0.4, 0.5) is 0 Å². The van der Waals surface area contributed by atoms with Crippen molar-refractivity contribution in [3.05, 3.63) is 48.0 Å². The Morgan fingerprint density at radius 3 is 2.68 bits per heavy atom. The smallest absolute Gasteiger partial charge is 0.225 e. The molecule has 2 aromatic carbocycles. The predicted octanol–water partition coefficient (Wildman–Crippen LogP) is 2.47. The Bertz CT molecular complexity index is 556. The molecule has 0 aromatic heterocycles. The van der Waals surface area contributed by atoms with Crippen LogP contribution < -0.4 is 5.32 Å². The van der Waals surface area contributed by atoms with Crippen LogP contribution in [0.3, 0.4) is 0 Å². The molecule has 19 heavy (non-hydrogen) atoms. The molecule has 0 spiro atoms. The maximum Gasteiger partial charge on any atom is 0.225 e. The van der Waals surface area contributed by atoms with E-state index in [1.807, 2.05) is 31.2 Å². The number of amides is 1. The van der Waals surface area contributed by atoms with Crippen molar-refractivity contribution in [2.45, 2.75) is 19.9 Å². The van der Waals surface area contributed by atoms with E-state index >= 15 is 0 Å². The molecule has 1 amide bonds. The second-order valence-corrected chi connectivity index (χ2v) is 4.64. The van der Waals surface area contributed by atoms with E-state index in [-0.39, 0.29) is 18.4 Å². The van der Waals surface area contributed by atoms with Gasteiger partial charge in [-0.1, -0.05) is 49.4 Å². The standard InChI is InChI=1S/C16H19NO2/c1-2-12(11-18)16(19)17-10-14-8-5-7-13-6-3-4-9-15(13)14/h3-9,12,18H,2,10-11H2,1H3,(H,17,19). The summed E-state index contributed by atoms with van der Waals surface area (Å²) >= 11 is 0. The van der Waals surface area contributed by atoms with Crippen molar-refractivity contribution in [1.82, 2.24) is 5.32 Å². The minimum Gasteiger partial charge on any atom is -0.396 e. The van der Waals surface area contributed by atoms with Crippen LogP contribution in [0.25, 0.3) is 10.8 Å². The van der Waals surface area contributed by atoms with E-state index < -0.39 is 0 Å². The van der Waals surface area contributed by atoms with Crippen molar-refractivity contribution < 1.29 is 9.90 Å². The number of hydrogen-bond donors (Lipinski definition) is 2. The van der Waals surface area contributed by atoms with E-state index in [1.54, 1.807) is 0 Å². The van der Waals surface area contributed by atoms with Crippen LogP contribution >= 0.6 is 0 Å². The molecule has 0 saturated heterocycles. The summed E-state index contributed by atoms with van der Waals surface area (Å²) in [6.45, 7) is 2.30. The van der Waals surface area contributed by atoms with E-state index in [1.165, 1.54) is 5.39 Å². The molecule has 2 rings (SSSR count). The van der Waals surface area contributed by atoms with Gasteiger partial charge in [-0.25, -0.2) is 0 Å². The molecule has 100 valence electrons. The lowest BCUT2D eigenvalue weighted by Crippen LogP contribution is -2.31. The van der Waals surface area contributed by atoms with E-state index in [4.69, 9.17) is 5.11 Å². The van der Waals surface area contributed by atoms with Gasteiger partial charge in [0.2, 0.25) is 5.91 Å². The third-order valence-electron chi connectivity index (χ3n) is 3.42. The molecule has 0 aliphatic heterocycles. The van der Waals surface area contributed by atoms with Crippen LogP contribution in [0, 0.1) is 5.92 Å². The number of benzene rings is 2. The Morgan fingerprint density at radius 2 is 1.95 bits per heavy atom. The fraction of sp³-hybridized carbons (Fsp3) is 0.312. The highest BCUT2D eigenvalue weighted by Gasteiger charge is 2.14. The Hall–Kier alpha value is -1.87. The molecule has 3 heteroatoms. The lowest BCUT2D eigenvalue weighted by atomic mass is 10.0. The minimum absolute atomic E-state index is 0.0852. The fourth-order valence-electron chi connectivity index (χ4n) is 2.17. The zero-order chi connectivity index (χ0) is 13.7. The van der Waals surface area contributed by atoms with Crippen LogP contribution in [-0.2, 0) is 11.3 Å². The Morgan fingerprint density at radius 1 is 1.21 bits per heavy atom. The molecule has 1 atom stereocenters. The summed E-state index contributed by atoms with van der Waals surface area (Å²) in [7, 11) is 0. The highest BCUT2D eigenvalue weighted by atomic mass is 16.3. The molecule has 3 nitrogen and oxygen atoms in total. The van der Waals surface area contributed by atoms with Gasteiger partial charge in [-0.2, -0.15) is 0 Å². The lowest BCUT2D eigenvalue weighted by molar-refractivity contribution is -0.126. The number of carbonyl (C=O) groups excluding carboxylic acids is 1. The summed E-state index contributed by atoms with van der Waals surface area (Å²) in [4.78, 5) is 11.8. The van der Waals surface area contributed by atoms with Gasteiger partial charge in [-0.15, -0.1) is 0 Å². The van der Waals surface area contributed by atoms with Gasteiger partial charge < -0.3 is 10.4 Å². The molecule has 0 radical (unpaired) electrons. The number of aliphatic hydroxyl groups is 1. The number of carbonyl (C=O) groups is 1. The number of nitrogens with one attached hydrogen (secondary N) is 1. The first-order chi connectivity index (χ1) is 9.26. The second-order valence-electron chi connectivity index (χ2n) is 4.64. The maximum atomic E-state index is 11.8. The quantitative estimate of drug-likeness (QED) is 0.864. The van der Waals surface area contributed by atoms with Gasteiger partial charge in [0.05, 0.1) is 12.5 Å². The van der Waals surface area contributed by atoms with Crippen molar-refractivity contribution in [2.75, 3.05) is 6.61 Å². The zero-order valence-corrected chi connectivity index (χ0v) is 11.1. The Labute approximate surface area is 113 Å². The number of aliphatic hydroxyl groups excluding tert-OH is 1. The molecular weight excluding hydrogens is 238 g/mol. The molecule has 0 heterocycles. The summed E-state index contributed by atoms with van der Waals surface area (Å²) in [5.41, 5.74) is 1.10. The second kappa shape index (κ2) is 6.34. The van der Waals surface area contributed by atoms with Crippen LogP contribution in [0.5, 0.6) is 0 Å². The number of rotatable bonds is 5. The minimum atomic E-state index is -0.310. The van der Waals surface area contributed by atoms with Crippen LogP contribution in [-0.4, -0.2) is 17.6 Å². The summed E-state index contributed by atoms with van der Waals surface area (Å²) in [5.74, 6) is -0.395. The summed E-state index contributed by atoms with van der Waals surface area (Å²) in [6, 6.07) is 14.2. The molecule has 1 unspecified atom stereocenters. The molecule has 0 saturated carbocycles. The Kier molecular flexibility index (Phi) is 4.53. The SMILES string of the molecule is CCC(CO)C(=O)NCc1cccc2ccccc12. The predicted molar refractivity (Wildman–Crippen MR) is 76.7 cm³/mol. The van der Waals surface area contributed by atoms with E-state index in [2.05, 4.69) is 23.5 Å². The summed E-state index contributed by atoms with van der Waals surface area (Å²) in [5, 5.41) is 14.3. The lowest BCUT2D eigenvalue weighted by Gasteiger charge is -2.13. The van der Waals surface area contributed by atoms with E-state index in [9.17, 15) is 4.79 Å². The molecule has 0 bridgehead atoms. The number of hydrogen-bond acceptors (Lipinski definition) is 2. The van der Waals surface area contributed by atoms with Gasteiger partial charge in [0.25, 0.3) is 0 Å². The van der Waals surface area contributed by atoms with Crippen molar-refractivity contribution in [2.24, 2.45) is 5.92 Å². The van der Waals surface area contributed by atoms with Crippen molar-refractivity contribution in [1.29, 1.82) is 0 Å². The van der Waals surface area contributed by atoms with Gasteiger partial charge in [-0.05, 0) is 22.8 Å². The molecule has 0 fully saturated rings. The highest BCUT2D eigenvalue weighted by molar-refractivity contribution is 5.86. The average Bonchev–Trinajstić information content (AvgIpc) is 2.46. The first-order valence-electron chi connectivity index (χ1n) is 6.61. The van der Waals surface area contributed by atoms with Gasteiger partial charge in [0, 0.05) is 6.54 Å². The first kappa shape index (κ1) is 13.6. The summed E-state index contributed by atoms with van der Waals surface area (Å²) < 4.78 is 0. The molecule has 2 aromatic rings. The average molecular weight is 257 g/mol. The van der Waals surface area contributed by atoms with Crippen LogP contribution in [0.15, 0.2) is 42.5 Å². The Balaban J connectivity index is 2.12. The molecule has 0 aliphatic carbocycles. The molecule has 2 N–H and O–H groups in total. The summed E-state index contributed by atoms with van der Waals surface area (Å²) in [6.07, 6.45) is 0.651. The molecular formula is C16H19NO2. The van der Waals surface area contributed by atoms with Gasteiger partial charge >= 0.3 is 0 Å². The monoisotopic (exact) mass is 257 g/mol. The van der Waals surface area contributed by atoms with Crippen molar-refractivity contribution >= 4 is 16.7 Å². The normalized spacial score (nSPS) is 12.3. The third-order valence-corrected chi connectivity index (χ3v) is 3.42. The van der Waals surface area contributed by atoms with Crippen LogP contribution in [0.1, 0.15) is 18.9 Å². The van der Waals surface area contributed by atoms with Gasteiger partial charge in [0.1, 0.15) is 0 Å². The zero-order valence-electron chi connectivity index (χ0n) is 11.1. The van der Waals surface area contributed by atoms with Crippen LogP contribution in [0.2, 0.25) is 0 Å². The highest BCUT2D eigenvalue weighted by Crippen LogP contribution is 2.18. The van der Waals surface area contributed by atoms with E-state index in [0.29, 0.717) is 13.0 Å². The largest absolute Gasteiger partial charge is 0.396 e. The van der Waals surface area contributed by atoms with Gasteiger partial charge in [-0.3, -0.25) is 4.79 Å². The van der Waals surface area contributed by atoms with Crippen molar-refractivity contribution in [3.63, 3.8) is 0 Å². The van der Waals surface area contributed by atoms with E-state index in [0.717, 1.165) is 10.9 Å². The first-order valence-corrected chi connectivity index (χ1v) is 6.61. The number of fused-ring (bicyclic) bond motifs is 1. The fourth-order valence-corrected chi connectivity index (χ4v) is 2.17.